The molecule has 2 nitrogen and oxygen atoms in total. The maximum absolute atomic E-state index is 5.08. The van der Waals surface area contributed by atoms with Gasteiger partial charge in [0.05, 0.1) is 6.61 Å². The number of ether oxygens (including phenoxy) is 1. The Hall–Kier alpha value is -0.860. The maximum Gasteiger partial charge on any atom is 0.0613 e. The van der Waals surface area contributed by atoms with Gasteiger partial charge in [-0.25, -0.2) is 0 Å². The van der Waals surface area contributed by atoms with Crippen LogP contribution in [0.3, 0.4) is 0 Å². The van der Waals surface area contributed by atoms with Crippen LogP contribution >= 0.6 is 0 Å². The Balaban J connectivity index is 2.53. The molecule has 1 rings (SSSR count). The van der Waals surface area contributed by atoms with E-state index < -0.39 is 0 Å². The van der Waals surface area contributed by atoms with Crippen molar-refractivity contribution < 1.29 is 4.74 Å². The number of aryl methyl sites for hydroxylation is 2. The lowest BCUT2D eigenvalue weighted by Gasteiger charge is -2.14. The first kappa shape index (κ1) is 12.2. The molecule has 0 heterocycles. The zero-order valence-electron chi connectivity index (χ0n) is 10.1. The first-order valence-electron chi connectivity index (χ1n) is 5.42. The van der Waals surface area contributed by atoms with E-state index in [1.807, 2.05) is 0 Å². The van der Waals surface area contributed by atoms with Crippen molar-refractivity contribution in [1.29, 1.82) is 0 Å². The van der Waals surface area contributed by atoms with Gasteiger partial charge in [0, 0.05) is 19.7 Å². The Kier molecular flexibility index (Phi) is 4.79. The second-order valence-corrected chi connectivity index (χ2v) is 4.17. The molecule has 0 aliphatic carbocycles. The molecular formula is C13H21NO. The van der Waals surface area contributed by atoms with Crippen molar-refractivity contribution in [3.05, 3.63) is 34.9 Å². The van der Waals surface area contributed by atoms with Crippen molar-refractivity contribution >= 4 is 0 Å². The van der Waals surface area contributed by atoms with Gasteiger partial charge in [-0.3, -0.25) is 0 Å². The van der Waals surface area contributed by atoms with E-state index in [-0.39, 0.29) is 0 Å². The second-order valence-electron chi connectivity index (χ2n) is 4.17. The molecule has 0 fully saturated rings. The van der Waals surface area contributed by atoms with Crippen molar-refractivity contribution in [3.8, 4) is 0 Å². The molecule has 15 heavy (non-hydrogen) atoms. The highest BCUT2D eigenvalue weighted by Gasteiger charge is 2.02. The summed E-state index contributed by atoms with van der Waals surface area (Å²) in [6, 6.07) is 6.96. The summed E-state index contributed by atoms with van der Waals surface area (Å²) in [4.78, 5) is 0. The van der Waals surface area contributed by atoms with E-state index in [1.165, 1.54) is 16.7 Å². The average Bonchev–Trinajstić information content (AvgIpc) is 2.20. The average molecular weight is 207 g/mol. The molecule has 0 aliphatic rings. The normalized spacial score (nSPS) is 12.8. The van der Waals surface area contributed by atoms with Crippen LogP contribution in [-0.4, -0.2) is 19.8 Å². The molecule has 0 spiro atoms. The Bertz CT molecular complexity index is 309. The minimum Gasteiger partial charge on any atom is -0.383 e. The lowest BCUT2D eigenvalue weighted by atomic mass is 10.1. The first-order valence-corrected chi connectivity index (χ1v) is 5.42. The topological polar surface area (TPSA) is 21.3 Å². The molecular weight excluding hydrogens is 186 g/mol. The van der Waals surface area contributed by atoms with Gasteiger partial charge < -0.3 is 10.1 Å². The third-order valence-corrected chi connectivity index (χ3v) is 2.56. The molecule has 0 saturated carbocycles. The molecule has 0 amide bonds. The van der Waals surface area contributed by atoms with E-state index in [2.05, 4.69) is 44.3 Å². The van der Waals surface area contributed by atoms with Gasteiger partial charge in [-0.1, -0.05) is 23.8 Å². The first-order chi connectivity index (χ1) is 7.13. The third-order valence-electron chi connectivity index (χ3n) is 2.56. The van der Waals surface area contributed by atoms with Gasteiger partial charge in [0.1, 0.15) is 0 Å². The summed E-state index contributed by atoms with van der Waals surface area (Å²) < 4.78 is 5.08. The van der Waals surface area contributed by atoms with Crippen molar-refractivity contribution in [1.82, 2.24) is 5.32 Å². The summed E-state index contributed by atoms with van der Waals surface area (Å²) in [5, 5.41) is 3.44. The molecule has 0 unspecified atom stereocenters. The molecule has 2 heteroatoms. The number of methoxy groups -OCH3 is 1. The minimum absolute atomic E-state index is 0.398. The lowest BCUT2D eigenvalue weighted by Crippen LogP contribution is -2.29. The van der Waals surface area contributed by atoms with Crippen molar-refractivity contribution in [3.63, 3.8) is 0 Å². The van der Waals surface area contributed by atoms with Crippen molar-refractivity contribution in [2.75, 3.05) is 13.7 Å². The van der Waals surface area contributed by atoms with E-state index >= 15 is 0 Å². The van der Waals surface area contributed by atoms with Gasteiger partial charge in [-0.2, -0.15) is 0 Å². The highest BCUT2D eigenvalue weighted by atomic mass is 16.5. The van der Waals surface area contributed by atoms with Gasteiger partial charge in [0.25, 0.3) is 0 Å². The molecule has 84 valence electrons. The number of benzene rings is 1. The van der Waals surface area contributed by atoms with E-state index in [0.29, 0.717) is 6.04 Å². The summed E-state index contributed by atoms with van der Waals surface area (Å²) in [5.41, 5.74) is 4.03. The molecule has 1 N–H and O–H groups in total. The molecule has 1 aromatic carbocycles. The molecule has 0 bridgehead atoms. The zero-order valence-corrected chi connectivity index (χ0v) is 10.1. The quantitative estimate of drug-likeness (QED) is 0.800. The molecule has 0 aliphatic heterocycles. The van der Waals surface area contributed by atoms with Gasteiger partial charge >= 0.3 is 0 Å². The molecule has 0 saturated heterocycles. The fourth-order valence-corrected chi connectivity index (χ4v) is 1.58. The standard InChI is InChI=1S/C13H21NO/c1-10-5-6-11(2)13(7-10)8-14-12(3)9-15-4/h5-7,12,14H,8-9H2,1-4H3/t12-/m0/s1. The predicted molar refractivity (Wildman–Crippen MR) is 64.1 cm³/mol. The van der Waals surface area contributed by atoms with Crippen molar-refractivity contribution in [2.24, 2.45) is 0 Å². The largest absolute Gasteiger partial charge is 0.383 e. The SMILES string of the molecule is COC[C@H](C)NCc1cc(C)ccc1C. The second kappa shape index (κ2) is 5.89. The summed E-state index contributed by atoms with van der Waals surface area (Å²) >= 11 is 0. The Morgan fingerprint density at radius 3 is 2.73 bits per heavy atom. The predicted octanol–water partition coefficient (Wildman–Crippen LogP) is 2.43. The van der Waals surface area contributed by atoms with Crippen LogP contribution in [0.25, 0.3) is 0 Å². The molecule has 0 aromatic heterocycles. The van der Waals surface area contributed by atoms with Gasteiger partial charge in [0.15, 0.2) is 0 Å². The van der Waals surface area contributed by atoms with Crippen LogP contribution < -0.4 is 5.32 Å². The summed E-state index contributed by atoms with van der Waals surface area (Å²) in [7, 11) is 1.73. The van der Waals surface area contributed by atoms with E-state index in [1.54, 1.807) is 7.11 Å². The van der Waals surface area contributed by atoms with Gasteiger partial charge in [-0.05, 0) is 31.9 Å². The van der Waals surface area contributed by atoms with E-state index in [4.69, 9.17) is 4.74 Å². The van der Waals surface area contributed by atoms with Crippen LogP contribution in [0.15, 0.2) is 18.2 Å². The Morgan fingerprint density at radius 1 is 1.33 bits per heavy atom. The summed E-state index contributed by atoms with van der Waals surface area (Å²) in [5.74, 6) is 0. The third kappa shape index (κ3) is 4.02. The molecule has 1 aromatic rings. The Morgan fingerprint density at radius 2 is 2.07 bits per heavy atom. The fraction of sp³-hybridized carbons (Fsp3) is 0.538. The number of hydrogen-bond donors (Lipinski definition) is 1. The zero-order chi connectivity index (χ0) is 11.3. The minimum atomic E-state index is 0.398. The van der Waals surface area contributed by atoms with Gasteiger partial charge in [-0.15, -0.1) is 0 Å². The number of rotatable bonds is 5. The molecule has 0 radical (unpaired) electrons. The van der Waals surface area contributed by atoms with Gasteiger partial charge in [0.2, 0.25) is 0 Å². The number of nitrogens with one attached hydrogen (secondary N) is 1. The summed E-state index contributed by atoms with van der Waals surface area (Å²) in [6.45, 7) is 8.08. The van der Waals surface area contributed by atoms with E-state index in [0.717, 1.165) is 13.2 Å². The van der Waals surface area contributed by atoms with Crippen molar-refractivity contribution in [2.45, 2.75) is 33.4 Å². The van der Waals surface area contributed by atoms with Crippen LogP contribution in [0.2, 0.25) is 0 Å². The lowest BCUT2D eigenvalue weighted by molar-refractivity contribution is 0.171. The highest BCUT2D eigenvalue weighted by Crippen LogP contribution is 2.10. The highest BCUT2D eigenvalue weighted by molar-refractivity contribution is 5.30. The summed E-state index contributed by atoms with van der Waals surface area (Å²) in [6.07, 6.45) is 0. The Labute approximate surface area is 92.6 Å². The maximum atomic E-state index is 5.08. The number of hydrogen-bond acceptors (Lipinski definition) is 2. The fourth-order valence-electron chi connectivity index (χ4n) is 1.58. The molecule has 1 atom stereocenters. The van der Waals surface area contributed by atoms with Crippen LogP contribution in [0.4, 0.5) is 0 Å². The van der Waals surface area contributed by atoms with Crippen LogP contribution in [-0.2, 0) is 11.3 Å². The van der Waals surface area contributed by atoms with Crippen LogP contribution in [0.1, 0.15) is 23.6 Å². The monoisotopic (exact) mass is 207 g/mol. The van der Waals surface area contributed by atoms with E-state index in [9.17, 15) is 0 Å². The smallest absolute Gasteiger partial charge is 0.0613 e. The van der Waals surface area contributed by atoms with Crippen LogP contribution in [0, 0.1) is 13.8 Å². The van der Waals surface area contributed by atoms with Crippen LogP contribution in [0.5, 0.6) is 0 Å².